The summed E-state index contributed by atoms with van der Waals surface area (Å²) in [6.45, 7) is 1.17. The minimum Gasteiger partial charge on any atom is -0.452 e. The number of carbonyl (C=O) groups is 2. The molecule has 0 heterocycles. The molecule has 2 aromatic rings. The summed E-state index contributed by atoms with van der Waals surface area (Å²) in [6.07, 6.45) is 0. The molecule has 0 aliphatic rings. The number of para-hydroxylation sites is 1. The van der Waals surface area contributed by atoms with Crippen LogP contribution in [0.5, 0.6) is 0 Å². The maximum absolute atomic E-state index is 13.3. The number of nitrogens with one attached hydrogen (secondary N) is 1. The Bertz CT molecular complexity index is 656. The van der Waals surface area contributed by atoms with Crippen molar-refractivity contribution in [2.75, 3.05) is 11.9 Å². The highest BCUT2D eigenvalue weighted by Crippen LogP contribution is 2.10. The van der Waals surface area contributed by atoms with Crippen LogP contribution in [-0.4, -0.2) is 18.5 Å². The standard InChI is InChI=1S/C16H14FNO3/c1-11-7-8-12(9-14(11)17)16(20)21-10-15(19)18-13-5-3-2-4-6-13/h2-9H,10H2,1H3,(H,18,19). The van der Waals surface area contributed by atoms with E-state index in [1.54, 1.807) is 31.2 Å². The maximum atomic E-state index is 13.3. The number of esters is 1. The second-order valence-electron chi connectivity index (χ2n) is 4.45. The summed E-state index contributed by atoms with van der Waals surface area (Å²) in [7, 11) is 0. The van der Waals surface area contributed by atoms with Crippen LogP contribution in [0.2, 0.25) is 0 Å². The van der Waals surface area contributed by atoms with E-state index < -0.39 is 24.3 Å². The largest absolute Gasteiger partial charge is 0.452 e. The normalized spacial score (nSPS) is 10.0. The van der Waals surface area contributed by atoms with Gasteiger partial charge in [-0.2, -0.15) is 0 Å². The van der Waals surface area contributed by atoms with E-state index >= 15 is 0 Å². The van der Waals surface area contributed by atoms with Gasteiger partial charge in [-0.15, -0.1) is 0 Å². The lowest BCUT2D eigenvalue weighted by molar-refractivity contribution is -0.119. The van der Waals surface area contributed by atoms with Gasteiger partial charge in [-0.3, -0.25) is 4.79 Å². The Morgan fingerprint density at radius 3 is 2.52 bits per heavy atom. The average Bonchev–Trinajstić information content (AvgIpc) is 2.48. The van der Waals surface area contributed by atoms with Gasteiger partial charge in [-0.05, 0) is 36.8 Å². The molecule has 0 fully saturated rings. The van der Waals surface area contributed by atoms with Crippen LogP contribution in [0.3, 0.4) is 0 Å². The van der Waals surface area contributed by atoms with Gasteiger partial charge >= 0.3 is 5.97 Å². The number of hydrogen-bond acceptors (Lipinski definition) is 3. The number of ether oxygens (including phenoxy) is 1. The van der Waals surface area contributed by atoms with E-state index in [-0.39, 0.29) is 5.56 Å². The molecule has 21 heavy (non-hydrogen) atoms. The van der Waals surface area contributed by atoms with E-state index in [0.717, 1.165) is 6.07 Å². The van der Waals surface area contributed by atoms with Crippen LogP contribution in [-0.2, 0) is 9.53 Å². The minimum absolute atomic E-state index is 0.0746. The predicted molar refractivity (Wildman–Crippen MR) is 76.5 cm³/mol. The number of aryl methyl sites for hydroxylation is 1. The number of benzene rings is 2. The summed E-state index contributed by atoms with van der Waals surface area (Å²) in [6, 6.07) is 12.8. The fraction of sp³-hybridized carbons (Fsp3) is 0.125. The topological polar surface area (TPSA) is 55.4 Å². The van der Waals surface area contributed by atoms with Crippen molar-refractivity contribution in [3.63, 3.8) is 0 Å². The quantitative estimate of drug-likeness (QED) is 0.880. The van der Waals surface area contributed by atoms with Crippen molar-refractivity contribution in [1.82, 2.24) is 0 Å². The number of amides is 1. The zero-order chi connectivity index (χ0) is 15.2. The van der Waals surface area contributed by atoms with Gasteiger partial charge in [0.05, 0.1) is 5.56 Å². The molecule has 0 unspecified atom stereocenters. The Kier molecular flexibility index (Phi) is 4.66. The van der Waals surface area contributed by atoms with Crippen molar-refractivity contribution in [3.05, 3.63) is 65.5 Å². The van der Waals surface area contributed by atoms with Gasteiger partial charge < -0.3 is 10.1 Å². The smallest absolute Gasteiger partial charge is 0.338 e. The van der Waals surface area contributed by atoms with Crippen LogP contribution in [0.15, 0.2) is 48.5 Å². The molecular weight excluding hydrogens is 273 g/mol. The SMILES string of the molecule is Cc1ccc(C(=O)OCC(=O)Nc2ccccc2)cc1F. The van der Waals surface area contributed by atoms with Gasteiger partial charge in [0.15, 0.2) is 6.61 Å². The fourth-order valence-electron chi connectivity index (χ4n) is 1.65. The van der Waals surface area contributed by atoms with E-state index in [1.807, 2.05) is 6.07 Å². The summed E-state index contributed by atoms with van der Waals surface area (Å²) < 4.78 is 18.2. The Hall–Kier alpha value is -2.69. The summed E-state index contributed by atoms with van der Waals surface area (Å²) in [5, 5.41) is 2.58. The van der Waals surface area contributed by atoms with Gasteiger partial charge in [-0.25, -0.2) is 9.18 Å². The zero-order valence-corrected chi connectivity index (χ0v) is 11.4. The van der Waals surface area contributed by atoms with Crippen LogP contribution in [0, 0.1) is 12.7 Å². The summed E-state index contributed by atoms with van der Waals surface area (Å²) in [5.74, 6) is -1.68. The van der Waals surface area contributed by atoms with E-state index in [0.29, 0.717) is 11.3 Å². The lowest BCUT2D eigenvalue weighted by Gasteiger charge is -2.07. The number of rotatable bonds is 4. The molecule has 0 spiro atoms. The Morgan fingerprint density at radius 2 is 1.86 bits per heavy atom. The Balaban J connectivity index is 1.89. The first kappa shape index (κ1) is 14.7. The van der Waals surface area contributed by atoms with Gasteiger partial charge in [-0.1, -0.05) is 24.3 Å². The predicted octanol–water partition coefficient (Wildman–Crippen LogP) is 2.93. The summed E-state index contributed by atoms with van der Waals surface area (Å²) >= 11 is 0. The van der Waals surface area contributed by atoms with Crippen molar-refractivity contribution in [3.8, 4) is 0 Å². The molecule has 5 heteroatoms. The lowest BCUT2D eigenvalue weighted by atomic mass is 10.1. The summed E-state index contributed by atoms with van der Waals surface area (Å²) in [5.41, 5.74) is 1.12. The van der Waals surface area contributed by atoms with Crippen molar-refractivity contribution in [2.45, 2.75) is 6.92 Å². The van der Waals surface area contributed by atoms with Crippen LogP contribution < -0.4 is 5.32 Å². The third-order valence-corrected chi connectivity index (χ3v) is 2.80. The van der Waals surface area contributed by atoms with E-state index in [2.05, 4.69) is 5.32 Å². The molecule has 0 saturated heterocycles. The third kappa shape index (κ3) is 4.14. The number of hydrogen-bond donors (Lipinski definition) is 1. The number of anilines is 1. The minimum atomic E-state index is -0.739. The van der Waals surface area contributed by atoms with E-state index in [9.17, 15) is 14.0 Å². The number of halogens is 1. The highest BCUT2D eigenvalue weighted by atomic mass is 19.1. The molecule has 4 nitrogen and oxygen atoms in total. The van der Waals surface area contributed by atoms with Crippen molar-refractivity contribution < 1.29 is 18.7 Å². The number of carbonyl (C=O) groups excluding carboxylic acids is 2. The van der Waals surface area contributed by atoms with Crippen molar-refractivity contribution in [1.29, 1.82) is 0 Å². The Morgan fingerprint density at radius 1 is 1.14 bits per heavy atom. The van der Waals surface area contributed by atoms with Gasteiger partial charge in [0.2, 0.25) is 0 Å². The molecule has 0 aliphatic carbocycles. The molecule has 2 rings (SSSR count). The zero-order valence-electron chi connectivity index (χ0n) is 11.4. The van der Waals surface area contributed by atoms with Gasteiger partial charge in [0, 0.05) is 5.69 Å². The van der Waals surface area contributed by atoms with Crippen LogP contribution in [0.4, 0.5) is 10.1 Å². The van der Waals surface area contributed by atoms with E-state index in [1.165, 1.54) is 12.1 Å². The monoisotopic (exact) mass is 287 g/mol. The fourth-order valence-corrected chi connectivity index (χ4v) is 1.65. The lowest BCUT2D eigenvalue weighted by Crippen LogP contribution is -2.20. The molecule has 0 radical (unpaired) electrons. The van der Waals surface area contributed by atoms with E-state index in [4.69, 9.17) is 4.74 Å². The highest BCUT2D eigenvalue weighted by molar-refractivity contribution is 5.95. The molecule has 0 aromatic heterocycles. The van der Waals surface area contributed by atoms with Crippen molar-refractivity contribution >= 4 is 17.6 Å². The van der Waals surface area contributed by atoms with Gasteiger partial charge in [0.1, 0.15) is 5.82 Å². The Labute approximate surface area is 121 Å². The first-order valence-corrected chi connectivity index (χ1v) is 6.34. The molecule has 0 atom stereocenters. The van der Waals surface area contributed by atoms with Crippen LogP contribution in [0.25, 0.3) is 0 Å². The summed E-state index contributed by atoms with van der Waals surface area (Å²) in [4.78, 5) is 23.3. The molecule has 0 saturated carbocycles. The molecule has 2 aromatic carbocycles. The molecule has 0 bridgehead atoms. The third-order valence-electron chi connectivity index (χ3n) is 2.80. The van der Waals surface area contributed by atoms with Crippen LogP contribution >= 0.6 is 0 Å². The average molecular weight is 287 g/mol. The molecule has 0 aliphatic heterocycles. The first-order valence-electron chi connectivity index (χ1n) is 6.34. The first-order chi connectivity index (χ1) is 10.1. The molecule has 1 amide bonds. The maximum Gasteiger partial charge on any atom is 0.338 e. The van der Waals surface area contributed by atoms with Crippen molar-refractivity contribution in [2.24, 2.45) is 0 Å². The van der Waals surface area contributed by atoms with Gasteiger partial charge in [0.25, 0.3) is 5.91 Å². The molecular formula is C16H14FNO3. The van der Waals surface area contributed by atoms with Crippen LogP contribution in [0.1, 0.15) is 15.9 Å². The molecule has 108 valence electrons. The molecule has 1 N–H and O–H groups in total. The highest BCUT2D eigenvalue weighted by Gasteiger charge is 2.12. The second kappa shape index (κ2) is 6.65. The second-order valence-corrected chi connectivity index (χ2v) is 4.45.